The van der Waals surface area contributed by atoms with Gasteiger partial charge in [-0.25, -0.2) is 4.79 Å². The van der Waals surface area contributed by atoms with Crippen LogP contribution in [0, 0.1) is 13.8 Å². The number of hydrogen-bond acceptors (Lipinski definition) is 3. The van der Waals surface area contributed by atoms with Crippen LogP contribution >= 0.6 is 0 Å². The van der Waals surface area contributed by atoms with Crippen LogP contribution in [0.15, 0.2) is 12.1 Å². The predicted octanol–water partition coefficient (Wildman–Crippen LogP) is 2.55. The van der Waals surface area contributed by atoms with E-state index in [1.54, 1.807) is 19.1 Å². The quantitative estimate of drug-likeness (QED) is 0.825. The largest absolute Gasteiger partial charge is 0.496 e. The van der Waals surface area contributed by atoms with E-state index in [4.69, 9.17) is 4.74 Å². The highest BCUT2D eigenvalue weighted by atomic mass is 16.5. The molecular formula is C14H21NO3. The molecule has 0 N–H and O–H groups in total. The highest BCUT2D eigenvalue weighted by Gasteiger charge is 2.10. The molecule has 0 aliphatic heterocycles. The Morgan fingerprint density at radius 1 is 1.22 bits per heavy atom. The Kier molecular flexibility index (Phi) is 5.01. The van der Waals surface area contributed by atoms with Gasteiger partial charge in [-0.2, -0.15) is 0 Å². The van der Waals surface area contributed by atoms with Gasteiger partial charge in [-0.05, 0) is 43.0 Å². The van der Waals surface area contributed by atoms with Crippen LogP contribution in [0.1, 0.15) is 16.7 Å². The molecule has 0 saturated carbocycles. The monoisotopic (exact) mass is 251 g/mol. The van der Waals surface area contributed by atoms with Crippen LogP contribution in [0.5, 0.6) is 5.75 Å². The molecule has 0 aliphatic rings. The van der Waals surface area contributed by atoms with Crippen LogP contribution in [0.4, 0.5) is 4.79 Å². The molecule has 0 spiro atoms. The van der Waals surface area contributed by atoms with E-state index in [1.165, 1.54) is 18.2 Å². The van der Waals surface area contributed by atoms with Gasteiger partial charge in [0.2, 0.25) is 0 Å². The highest BCUT2D eigenvalue weighted by Crippen LogP contribution is 2.22. The van der Waals surface area contributed by atoms with Crippen molar-refractivity contribution in [2.24, 2.45) is 0 Å². The molecule has 100 valence electrons. The standard InChI is InChI=1S/C14H21NO3/c1-10-9-13(17-4)11(2)8-12(10)6-7-15(3)14(16)18-5/h8-9H,6-7H2,1-5H3. The van der Waals surface area contributed by atoms with Crippen LogP contribution in [-0.2, 0) is 11.2 Å². The van der Waals surface area contributed by atoms with E-state index in [-0.39, 0.29) is 6.09 Å². The Morgan fingerprint density at radius 3 is 2.44 bits per heavy atom. The van der Waals surface area contributed by atoms with Crippen LogP contribution in [0.25, 0.3) is 0 Å². The fraction of sp³-hybridized carbons (Fsp3) is 0.500. The van der Waals surface area contributed by atoms with E-state index in [2.05, 4.69) is 17.7 Å². The summed E-state index contributed by atoms with van der Waals surface area (Å²) in [5, 5.41) is 0. The lowest BCUT2D eigenvalue weighted by atomic mass is 10.0. The van der Waals surface area contributed by atoms with E-state index < -0.39 is 0 Å². The van der Waals surface area contributed by atoms with Gasteiger partial charge >= 0.3 is 6.09 Å². The molecule has 0 saturated heterocycles. The molecule has 4 heteroatoms. The SMILES string of the molecule is COC(=O)N(C)CCc1cc(C)c(OC)cc1C. The van der Waals surface area contributed by atoms with Crippen LogP contribution in [-0.4, -0.2) is 38.8 Å². The Labute approximate surface area is 108 Å². The molecule has 0 radical (unpaired) electrons. The molecule has 0 bridgehead atoms. The molecule has 1 rings (SSSR count). The van der Waals surface area contributed by atoms with Crippen molar-refractivity contribution in [3.8, 4) is 5.75 Å². The van der Waals surface area contributed by atoms with E-state index in [0.717, 1.165) is 17.7 Å². The third-order valence-electron chi connectivity index (χ3n) is 3.06. The van der Waals surface area contributed by atoms with Gasteiger partial charge in [-0.1, -0.05) is 6.07 Å². The average Bonchev–Trinajstić information content (AvgIpc) is 2.37. The average molecular weight is 251 g/mol. The van der Waals surface area contributed by atoms with Gasteiger partial charge in [-0.3, -0.25) is 0 Å². The van der Waals surface area contributed by atoms with Crippen LogP contribution in [0.2, 0.25) is 0 Å². The molecule has 0 heterocycles. The number of ether oxygens (including phenoxy) is 2. The molecule has 4 nitrogen and oxygen atoms in total. The molecule has 1 aromatic carbocycles. The van der Waals surface area contributed by atoms with Crippen LogP contribution in [0.3, 0.4) is 0 Å². The Bertz CT molecular complexity index is 429. The molecule has 0 aromatic heterocycles. The second-order valence-electron chi connectivity index (χ2n) is 4.39. The number of hydrogen-bond donors (Lipinski definition) is 0. The minimum Gasteiger partial charge on any atom is -0.496 e. The molecule has 1 aromatic rings. The number of likely N-dealkylation sites (N-methyl/N-ethyl adjacent to an activating group) is 1. The van der Waals surface area contributed by atoms with Crippen LogP contribution < -0.4 is 4.74 Å². The molecule has 0 unspecified atom stereocenters. The fourth-order valence-corrected chi connectivity index (χ4v) is 1.87. The maximum atomic E-state index is 11.3. The lowest BCUT2D eigenvalue weighted by Gasteiger charge is -2.17. The van der Waals surface area contributed by atoms with Gasteiger partial charge in [0.15, 0.2) is 0 Å². The van der Waals surface area contributed by atoms with Crippen molar-refractivity contribution in [2.75, 3.05) is 27.8 Å². The van der Waals surface area contributed by atoms with Crippen molar-refractivity contribution in [3.05, 3.63) is 28.8 Å². The Morgan fingerprint density at radius 2 is 1.89 bits per heavy atom. The van der Waals surface area contributed by atoms with Gasteiger partial charge in [-0.15, -0.1) is 0 Å². The topological polar surface area (TPSA) is 38.8 Å². The summed E-state index contributed by atoms with van der Waals surface area (Å²) in [5.74, 6) is 0.901. The predicted molar refractivity (Wildman–Crippen MR) is 71.2 cm³/mol. The van der Waals surface area contributed by atoms with E-state index >= 15 is 0 Å². The van der Waals surface area contributed by atoms with Crippen molar-refractivity contribution >= 4 is 6.09 Å². The fourth-order valence-electron chi connectivity index (χ4n) is 1.87. The van der Waals surface area contributed by atoms with Gasteiger partial charge < -0.3 is 14.4 Å². The van der Waals surface area contributed by atoms with Crippen molar-refractivity contribution in [3.63, 3.8) is 0 Å². The van der Waals surface area contributed by atoms with Crippen molar-refractivity contribution < 1.29 is 14.3 Å². The molecule has 18 heavy (non-hydrogen) atoms. The Balaban J connectivity index is 2.74. The zero-order chi connectivity index (χ0) is 13.7. The maximum absolute atomic E-state index is 11.3. The first-order valence-electron chi connectivity index (χ1n) is 5.92. The first-order chi connectivity index (χ1) is 8.49. The summed E-state index contributed by atoms with van der Waals surface area (Å²) in [5.41, 5.74) is 3.51. The molecule has 1 amide bonds. The van der Waals surface area contributed by atoms with E-state index in [0.29, 0.717) is 6.54 Å². The number of aryl methyl sites for hydroxylation is 2. The summed E-state index contributed by atoms with van der Waals surface area (Å²) in [6, 6.07) is 4.14. The minimum absolute atomic E-state index is 0.308. The third kappa shape index (κ3) is 3.39. The second kappa shape index (κ2) is 6.28. The number of benzene rings is 1. The van der Waals surface area contributed by atoms with E-state index in [1.807, 2.05) is 13.0 Å². The molecule has 0 fully saturated rings. The van der Waals surface area contributed by atoms with Gasteiger partial charge in [0.05, 0.1) is 14.2 Å². The first-order valence-corrected chi connectivity index (χ1v) is 5.92. The number of carbonyl (C=O) groups excluding carboxylic acids is 1. The van der Waals surface area contributed by atoms with E-state index in [9.17, 15) is 4.79 Å². The third-order valence-corrected chi connectivity index (χ3v) is 3.06. The summed E-state index contributed by atoms with van der Waals surface area (Å²) >= 11 is 0. The first kappa shape index (κ1) is 14.4. The molecule has 0 atom stereocenters. The number of methoxy groups -OCH3 is 2. The summed E-state index contributed by atoms with van der Waals surface area (Å²) in [7, 11) is 4.80. The smallest absolute Gasteiger partial charge is 0.409 e. The summed E-state index contributed by atoms with van der Waals surface area (Å²) < 4.78 is 9.94. The van der Waals surface area contributed by atoms with Gasteiger partial charge in [0.25, 0.3) is 0 Å². The summed E-state index contributed by atoms with van der Waals surface area (Å²) in [6.07, 6.45) is 0.500. The lowest BCUT2D eigenvalue weighted by molar-refractivity contribution is 0.134. The summed E-state index contributed by atoms with van der Waals surface area (Å²) in [6.45, 7) is 4.71. The normalized spacial score (nSPS) is 10.1. The van der Waals surface area contributed by atoms with Crippen molar-refractivity contribution in [1.82, 2.24) is 4.90 Å². The number of rotatable bonds is 4. The Hall–Kier alpha value is -1.71. The summed E-state index contributed by atoms with van der Waals surface area (Å²) in [4.78, 5) is 12.8. The molecular weight excluding hydrogens is 230 g/mol. The molecule has 0 aliphatic carbocycles. The number of carbonyl (C=O) groups is 1. The number of amides is 1. The highest BCUT2D eigenvalue weighted by molar-refractivity contribution is 5.66. The van der Waals surface area contributed by atoms with Gasteiger partial charge in [0.1, 0.15) is 5.75 Å². The van der Waals surface area contributed by atoms with Gasteiger partial charge in [0, 0.05) is 13.6 Å². The lowest BCUT2D eigenvalue weighted by Crippen LogP contribution is -2.28. The second-order valence-corrected chi connectivity index (χ2v) is 4.39. The van der Waals surface area contributed by atoms with Crippen molar-refractivity contribution in [2.45, 2.75) is 20.3 Å². The zero-order valence-corrected chi connectivity index (χ0v) is 11.7. The maximum Gasteiger partial charge on any atom is 0.409 e. The van der Waals surface area contributed by atoms with Crippen molar-refractivity contribution in [1.29, 1.82) is 0 Å². The minimum atomic E-state index is -0.308. The zero-order valence-electron chi connectivity index (χ0n) is 11.7. The number of nitrogens with zero attached hydrogens (tertiary/aromatic N) is 1.